The smallest absolute Gasteiger partial charge is 0.257 e. The quantitative estimate of drug-likeness (QED) is 0.467. The van der Waals surface area contributed by atoms with E-state index in [0.29, 0.717) is 5.56 Å². The van der Waals surface area contributed by atoms with Gasteiger partial charge in [-0.25, -0.2) is 4.98 Å². The number of amides is 1. The molecule has 0 aliphatic heterocycles. The van der Waals surface area contributed by atoms with Gasteiger partial charge in [-0.3, -0.25) is 4.79 Å². The van der Waals surface area contributed by atoms with Gasteiger partial charge in [0.2, 0.25) is 0 Å². The molecule has 2 aromatic carbocycles. The number of aromatic amines is 1. The first kappa shape index (κ1) is 15.4. The van der Waals surface area contributed by atoms with Gasteiger partial charge in [-0.2, -0.15) is 0 Å². The molecule has 0 aliphatic rings. The van der Waals surface area contributed by atoms with Crippen LogP contribution in [0.25, 0.3) is 32.9 Å². The maximum atomic E-state index is 12.8. The fourth-order valence-corrected chi connectivity index (χ4v) is 3.31. The van der Waals surface area contributed by atoms with Crippen molar-refractivity contribution in [2.45, 2.75) is 0 Å². The van der Waals surface area contributed by atoms with Crippen molar-refractivity contribution in [3.8, 4) is 11.1 Å². The molecule has 0 saturated carbocycles. The van der Waals surface area contributed by atoms with Crippen molar-refractivity contribution in [3.05, 3.63) is 85.1 Å². The van der Waals surface area contributed by atoms with Crippen LogP contribution < -0.4 is 5.32 Å². The number of furan rings is 1. The maximum Gasteiger partial charge on any atom is 0.257 e. The molecule has 0 radical (unpaired) electrons. The molecular weight excluding hydrogens is 338 g/mol. The number of carbonyl (C=O) groups excluding carboxylic acids is 1. The fourth-order valence-electron chi connectivity index (χ4n) is 3.31. The first-order valence-electron chi connectivity index (χ1n) is 8.58. The van der Waals surface area contributed by atoms with Crippen LogP contribution in [0.5, 0.6) is 0 Å². The Kier molecular flexibility index (Phi) is 3.50. The zero-order valence-corrected chi connectivity index (χ0v) is 14.3. The standard InChI is InChI=1S/C22H15N3O2/c26-22(25-20-7-3-5-14-4-1-2-6-17(14)20)16-10-18-19(15-8-9-27-13-15)12-24-21(18)23-11-16/h1-13H,(H,23,24)(H,25,26). The molecular formula is C22H15N3O2. The van der Waals surface area contributed by atoms with E-state index < -0.39 is 0 Å². The molecule has 0 saturated heterocycles. The zero-order chi connectivity index (χ0) is 18.2. The first-order chi connectivity index (χ1) is 13.3. The van der Waals surface area contributed by atoms with Gasteiger partial charge in [0, 0.05) is 40.0 Å². The molecule has 0 atom stereocenters. The molecule has 0 spiro atoms. The third kappa shape index (κ3) is 2.66. The third-order valence-corrected chi connectivity index (χ3v) is 4.66. The second-order valence-electron chi connectivity index (χ2n) is 6.32. The second kappa shape index (κ2) is 6.14. The summed E-state index contributed by atoms with van der Waals surface area (Å²) in [7, 11) is 0. The van der Waals surface area contributed by atoms with Gasteiger partial charge in [0.25, 0.3) is 5.91 Å². The van der Waals surface area contributed by atoms with E-state index in [1.54, 1.807) is 18.7 Å². The van der Waals surface area contributed by atoms with Crippen LogP contribution in [0.15, 0.2) is 83.9 Å². The predicted octanol–water partition coefficient (Wildman–Crippen LogP) is 5.23. The highest BCUT2D eigenvalue weighted by Crippen LogP contribution is 2.29. The Bertz CT molecular complexity index is 1260. The Morgan fingerprint density at radius 1 is 1.04 bits per heavy atom. The van der Waals surface area contributed by atoms with Gasteiger partial charge < -0.3 is 14.7 Å². The Hall–Kier alpha value is -3.86. The number of nitrogens with one attached hydrogen (secondary N) is 2. The summed E-state index contributed by atoms with van der Waals surface area (Å²) in [5.41, 5.74) is 3.90. The molecule has 1 amide bonds. The van der Waals surface area contributed by atoms with Crippen LogP contribution in [-0.4, -0.2) is 15.9 Å². The molecule has 5 aromatic rings. The third-order valence-electron chi connectivity index (χ3n) is 4.66. The number of pyridine rings is 1. The van der Waals surface area contributed by atoms with Gasteiger partial charge in [0.05, 0.1) is 18.1 Å². The van der Waals surface area contributed by atoms with E-state index in [-0.39, 0.29) is 5.91 Å². The lowest BCUT2D eigenvalue weighted by molar-refractivity contribution is 0.102. The van der Waals surface area contributed by atoms with Crippen LogP contribution in [0, 0.1) is 0 Å². The van der Waals surface area contributed by atoms with Gasteiger partial charge in [-0.05, 0) is 23.6 Å². The van der Waals surface area contributed by atoms with Crippen LogP contribution >= 0.6 is 0 Å². The van der Waals surface area contributed by atoms with Gasteiger partial charge in [-0.1, -0.05) is 36.4 Å². The Morgan fingerprint density at radius 3 is 2.81 bits per heavy atom. The van der Waals surface area contributed by atoms with E-state index in [4.69, 9.17) is 4.42 Å². The van der Waals surface area contributed by atoms with Gasteiger partial charge >= 0.3 is 0 Å². The van der Waals surface area contributed by atoms with Crippen molar-refractivity contribution in [2.24, 2.45) is 0 Å². The van der Waals surface area contributed by atoms with Crippen LogP contribution in [0.3, 0.4) is 0 Å². The number of rotatable bonds is 3. The van der Waals surface area contributed by atoms with E-state index >= 15 is 0 Å². The lowest BCUT2D eigenvalue weighted by Gasteiger charge is -2.09. The first-order valence-corrected chi connectivity index (χ1v) is 8.58. The van der Waals surface area contributed by atoms with Crippen LogP contribution in [0.2, 0.25) is 0 Å². The van der Waals surface area contributed by atoms with Crippen molar-refractivity contribution < 1.29 is 9.21 Å². The minimum absolute atomic E-state index is 0.194. The largest absolute Gasteiger partial charge is 0.472 e. The lowest BCUT2D eigenvalue weighted by Crippen LogP contribution is -2.12. The highest BCUT2D eigenvalue weighted by Gasteiger charge is 2.13. The number of benzene rings is 2. The fraction of sp³-hybridized carbons (Fsp3) is 0. The number of H-pyrrole nitrogens is 1. The zero-order valence-electron chi connectivity index (χ0n) is 14.3. The van der Waals surface area contributed by atoms with E-state index in [0.717, 1.165) is 38.6 Å². The minimum Gasteiger partial charge on any atom is -0.472 e. The molecule has 5 nitrogen and oxygen atoms in total. The molecule has 5 heteroatoms. The molecule has 130 valence electrons. The predicted molar refractivity (Wildman–Crippen MR) is 106 cm³/mol. The van der Waals surface area contributed by atoms with E-state index in [9.17, 15) is 4.79 Å². The number of anilines is 1. The molecule has 0 aliphatic carbocycles. The summed E-state index contributed by atoms with van der Waals surface area (Å²) in [6.07, 6.45) is 6.75. The van der Waals surface area contributed by atoms with Crippen molar-refractivity contribution in [2.75, 3.05) is 5.32 Å². The summed E-state index contributed by atoms with van der Waals surface area (Å²) in [5, 5.41) is 5.96. The number of aromatic nitrogens is 2. The average Bonchev–Trinajstić information content (AvgIpc) is 3.37. The number of hydrogen-bond acceptors (Lipinski definition) is 3. The Labute approximate surface area is 154 Å². The topological polar surface area (TPSA) is 70.9 Å². The van der Waals surface area contributed by atoms with Crippen LogP contribution in [0.4, 0.5) is 5.69 Å². The normalized spacial score (nSPS) is 11.1. The Balaban J connectivity index is 1.53. The molecule has 3 aromatic heterocycles. The molecule has 5 rings (SSSR count). The summed E-state index contributed by atoms with van der Waals surface area (Å²) >= 11 is 0. The number of fused-ring (bicyclic) bond motifs is 2. The number of nitrogens with zero attached hydrogens (tertiary/aromatic N) is 1. The van der Waals surface area contributed by atoms with E-state index in [2.05, 4.69) is 15.3 Å². The number of hydrogen-bond donors (Lipinski definition) is 2. The van der Waals surface area contributed by atoms with E-state index in [1.807, 2.05) is 60.8 Å². The maximum absolute atomic E-state index is 12.8. The van der Waals surface area contributed by atoms with Crippen molar-refractivity contribution >= 4 is 33.4 Å². The molecule has 2 N–H and O–H groups in total. The van der Waals surface area contributed by atoms with E-state index in [1.165, 1.54) is 0 Å². The molecule has 27 heavy (non-hydrogen) atoms. The average molecular weight is 353 g/mol. The van der Waals surface area contributed by atoms with Crippen molar-refractivity contribution in [3.63, 3.8) is 0 Å². The second-order valence-corrected chi connectivity index (χ2v) is 6.32. The molecule has 0 unspecified atom stereocenters. The van der Waals surface area contributed by atoms with Gasteiger partial charge in [0.1, 0.15) is 5.65 Å². The number of carbonyl (C=O) groups is 1. The monoisotopic (exact) mass is 353 g/mol. The summed E-state index contributed by atoms with van der Waals surface area (Å²) in [6.45, 7) is 0. The summed E-state index contributed by atoms with van der Waals surface area (Å²) < 4.78 is 5.17. The lowest BCUT2D eigenvalue weighted by atomic mass is 10.1. The highest BCUT2D eigenvalue weighted by molar-refractivity contribution is 6.10. The van der Waals surface area contributed by atoms with Crippen molar-refractivity contribution in [1.82, 2.24) is 9.97 Å². The highest BCUT2D eigenvalue weighted by atomic mass is 16.3. The van der Waals surface area contributed by atoms with Gasteiger partial charge in [0.15, 0.2) is 0 Å². The van der Waals surface area contributed by atoms with Crippen molar-refractivity contribution in [1.29, 1.82) is 0 Å². The SMILES string of the molecule is O=C(Nc1cccc2ccccc12)c1cnc2[nH]cc(-c3ccoc3)c2c1. The molecule has 3 heterocycles. The van der Waals surface area contributed by atoms with Crippen LogP contribution in [-0.2, 0) is 0 Å². The Morgan fingerprint density at radius 2 is 1.93 bits per heavy atom. The molecule has 0 bridgehead atoms. The summed E-state index contributed by atoms with van der Waals surface area (Å²) in [6, 6.07) is 17.5. The summed E-state index contributed by atoms with van der Waals surface area (Å²) in [5.74, 6) is -0.194. The summed E-state index contributed by atoms with van der Waals surface area (Å²) in [4.78, 5) is 20.4. The van der Waals surface area contributed by atoms with Gasteiger partial charge in [-0.15, -0.1) is 0 Å². The minimum atomic E-state index is -0.194. The van der Waals surface area contributed by atoms with Crippen LogP contribution in [0.1, 0.15) is 10.4 Å². The molecule has 0 fully saturated rings.